The third-order valence-corrected chi connectivity index (χ3v) is 7.63. The second-order valence-corrected chi connectivity index (χ2v) is 9.96. The summed E-state index contributed by atoms with van der Waals surface area (Å²) in [4.78, 5) is 0. The fourth-order valence-corrected chi connectivity index (χ4v) is 5.46. The SMILES string of the molecule is COCCCC1CCC(CCc2ccc3c(F)c(CCc4ccc(C#N)cc4)ccc3c2)CC1. The van der Waals surface area contributed by atoms with E-state index in [1.165, 1.54) is 50.5 Å². The van der Waals surface area contributed by atoms with Crippen molar-refractivity contribution in [1.82, 2.24) is 0 Å². The molecular formula is C31H36FNO. The minimum Gasteiger partial charge on any atom is -0.385 e. The van der Waals surface area contributed by atoms with Crippen LogP contribution in [0.3, 0.4) is 0 Å². The van der Waals surface area contributed by atoms with Gasteiger partial charge in [-0.15, -0.1) is 0 Å². The maximum absolute atomic E-state index is 15.2. The van der Waals surface area contributed by atoms with Gasteiger partial charge in [0.25, 0.3) is 0 Å². The van der Waals surface area contributed by atoms with E-state index in [9.17, 15) is 0 Å². The van der Waals surface area contributed by atoms with E-state index in [0.29, 0.717) is 12.0 Å². The quantitative estimate of drug-likeness (QED) is 0.291. The molecule has 0 amide bonds. The van der Waals surface area contributed by atoms with E-state index in [1.807, 2.05) is 36.4 Å². The number of nitrogens with zero attached hydrogens (tertiary/aromatic N) is 1. The van der Waals surface area contributed by atoms with Gasteiger partial charge in [-0.3, -0.25) is 0 Å². The van der Waals surface area contributed by atoms with Crippen LogP contribution >= 0.6 is 0 Å². The van der Waals surface area contributed by atoms with Crippen molar-refractivity contribution in [1.29, 1.82) is 5.26 Å². The number of fused-ring (bicyclic) bond motifs is 1. The molecule has 1 fully saturated rings. The molecule has 0 aromatic heterocycles. The first-order valence-electron chi connectivity index (χ1n) is 12.8. The molecule has 0 radical (unpaired) electrons. The van der Waals surface area contributed by atoms with Gasteiger partial charge in [0.2, 0.25) is 0 Å². The summed E-state index contributed by atoms with van der Waals surface area (Å²) in [6.45, 7) is 0.890. The number of nitriles is 1. The summed E-state index contributed by atoms with van der Waals surface area (Å²) >= 11 is 0. The highest BCUT2D eigenvalue weighted by molar-refractivity contribution is 5.84. The Hall–Kier alpha value is -2.70. The fraction of sp³-hybridized carbons (Fsp3) is 0.452. The van der Waals surface area contributed by atoms with Crippen molar-refractivity contribution < 1.29 is 9.13 Å². The highest BCUT2D eigenvalue weighted by Crippen LogP contribution is 2.34. The van der Waals surface area contributed by atoms with Crippen molar-refractivity contribution in [2.45, 2.75) is 64.2 Å². The van der Waals surface area contributed by atoms with Gasteiger partial charge in [0.15, 0.2) is 0 Å². The van der Waals surface area contributed by atoms with Gasteiger partial charge in [-0.05, 0) is 84.6 Å². The third-order valence-electron chi connectivity index (χ3n) is 7.63. The lowest BCUT2D eigenvalue weighted by molar-refractivity contribution is 0.175. The largest absolute Gasteiger partial charge is 0.385 e. The van der Waals surface area contributed by atoms with Crippen LogP contribution in [-0.4, -0.2) is 13.7 Å². The zero-order valence-electron chi connectivity index (χ0n) is 20.4. The maximum Gasteiger partial charge on any atom is 0.134 e. The van der Waals surface area contributed by atoms with E-state index in [-0.39, 0.29) is 5.82 Å². The van der Waals surface area contributed by atoms with E-state index in [2.05, 4.69) is 24.3 Å². The Bertz CT molecular complexity index is 1110. The van der Waals surface area contributed by atoms with Crippen LogP contribution in [0.25, 0.3) is 10.8 Å². The van der Waals surface area contributed by atoms with E-state index in [4.69, 9.17) is 10.00 Å². The van der Waals surface area contributed by atoms with Crippen LogP contribution in [0, 0.1) is 29.0 Å². The lowest BCUT2D eigenvalue weighted by Crippen LogP contribution is -2.15. The number of hydrogen-bond donors (Lipinski definition) is 0. The normalized spacial score (nSPS) is 18.1. The average Bonchev–Trinajstić information content (AvgIpc) is 2.88. The van der Waals surface area contributed by atoms with Crippen LogP contribution < -0.4 is 0 Å². The molecule has 3 aromatic rings. The molecule has 4 rings (SSSR count). The lowest BCUT2D eigenvalue weighted by atomic mass is 9.78. The van der Waals surface area contributed by atoms with Crippen molar-refractivity contribution in [3.05, 3.63) is 82.7 Å². The molecule has 0 heterocycles. The zero-order valence-corrected chi connectivity index (χ0v) is 20.4. The topological polar surface area (TPSA) is 33.0 Å². The summed E-state index contributed by atoms with van der Waals surface area (Å²) in [6.07, 6.45) is 11.7. The van der Waals surface area contributed by atoms with E-state index < -0.39 is 0 Å². The lowest BCUT2D eigenvalue weighted by Gasteiger charge is -2.28. The Labute approximate surface area is 203 Å². The molecule has 0 saturated heterocycles. The van der Waals surface area contributed by atoms with Crippen LogP contribution in [0.1, 0.15) is 67.2 Å². The van der Waals surface area contributed by atoms with Gasteiger partial charge in [0.05, 0.1) is 11.6 Å². The number of halogens is 1. The Balaban J connectivity index is 1.30. The minimum atomic E-state index is -0.0931. The fourth-order valence-electron chi connectivity index (χ4n) is 5.46. The van der Waals surface area contributed by atoms with Crippen LogP contribution in [0.2, 0.25) is 0 Å². The summed E-state index contributed by atoms with van der Waals surface area (Å²) in [6, 6.07) is 20.0. The molecule has 0 bridgehead atoms. The molecule has 3 heteroatoms. The minimum absolute atomic E-state index is 0.0931. The van der Waals surface area contributed by atoms with Crippen LogP contribution in [0.15, 0.2) is 54.6 Å². The highest BCUT2D eigenvalue weighted by Gasteiger charge is 2.20. The van der Waals surface area contributed by atoms with E-state index in [0.717, 1.165) is 53.2 Å². The second-order valence-electron chi connectivity index (χ2n) is 9.96. The number of methoxy groups -OCH3 is 1. The summed E-state index contributed by atoms with van der Waals surface area (Å²) in [5.41, 5.74) is 3.85. The Morgan fingerprint density at radius 3 is 2.26 bits per heavy atom. The number of aryl methyl sites for hydroxylation is 3. The van der Waals surface area contributed by atoms with Crippen LogP contribution in [0.4, 0.5) is 4.39 Å². The zero-order chi connectivity index (χ0) is 23.8. The van der Waals surface area contributed by atoms with Gasteiger partial charge in [0.1, 0.15) is 5.82 Å². The molecule has 178 valence electrons. The summed E-state index contributed by atoms with van der Waals surface area (Å²) in [7, 11) is 1.79. The molecule has 0 unspecified atom stereocenters. The number of ether oxygens (including phenoxy) is 1. The first kappa shape index (κ1) is 24.4. The molecular weight excluding hydrogens is 421 g/mol. The predicted octanol–water partition coefficient (Wildman–Crippen LogP) is 7.80. The third kappa shape index (κ3) is 6.45. The van der Waals surface area contributed by atoms with Crippen LogP contribution in [-0.2, 0) is 24.0 Å². The predicted molar refractivity (Wildman–Crippen MR) is 137 cm³/mol. The van der Waals surface area contributed by atoms with Crippen molar-refractivity contribution in [2.24, 2.45) is 11.8 Å². The van der Waals surface area contributed by atoms with Gasteiger partial charge in [-0.1, -0.05) is 68.1 Å². The van der Waals surface area contributed by atoms with E-state index >= 15 is 4.39 Å². The number of benzene rings is 3. The Morgan fingerprint density at radius 1 is 0.853 bits per heavy atom. The Kier molecular flexibility index (Phi) is 8.72. The second kappa shape index (κ2) is 12.1. The van der Waals surface area contributed by atoms with Crippen LogP contribution in [0.5, 0.6) is 0 Å². The van der Waals surface area contributed by atoms with E-state index in [1.54, 1.807) is 7.11 Å². The molecule has 1 aliphatic carbocycles. The average molecular weight is 458 g/mol. The first-order valence-corrected chi connectivity index (χ1v) is 12.8. The van der Waals surface area contributed by atoms with Crippen molar-refractivity contribution in [3.63, 3.8) is 0 Å². The molecule has 1 saturated carbocycles. The van der Waals surface area contributed by atoms with Gasteiger partial charge < -0.3 is 4.74 Å². The van der Waals surface area contributed by atoms with Gasteiger partial charge in [-0.25, -0.2) is 4.39 Å². The Morgan fingerprint density at radius 2 is 1.56 bits per heavy atom. The number of hydrogen-bond acceptors (Lipinski definition) is 2. The maximum atomic E-state index is 15.2. The molecule has 0 aliphatic heterocycles. The molecule has 3 aromatic carbocycles. The molecule has 0 N–H and O–H groups in total. The molecule has 0 spiro atoms. The molecule has 2 nitrogen and oxygen atoms in total. The summed E-state index contributed by atoms with van der Waals surface area (Å²) in [5, 5.41) is 10.7. The molecule has 1 aliphatic rings. The first-order chi connectivity index (χ1) is 16.7. The van der Waals surface area contributed by atoms with Crippen molar-refractivity contribution >= 4 is 10.8 Å². The summed E-state index contributed by atoms with van der Waals surface area (Å²) in [5.74, 6) is 1.63. The van der Waals surface area contributed by atoms with Gasteiger partial charge in [0, 0.05) is 19.1 Å². The van der Waals surface area contributed by atoms with Crippen molar-refractivity contribution in [2.75, 3.05) is 13.7 Å². The molecule has 0 atom stereocenters. The highest BCUT2D eigenvalue weighted by atomic mass is 19.1. The molecule has 34 heavy (non-hydrogen) atoms. The smallest absolute Gasteiger partial charge is 0.134 e. The van der Waals surface area contributed by atoms with Gasteiger partial charge in [-0.2, -0.15) is 5.26 Å². The number of rotatable bonds is 10. The summed E-state index contributed by atoms with van der Waals surface area (Å²) < 4.78 is 20.4. The van der Waals surface area contributed by atoms with Gasteiger partial charge >= 0.3 is 0 Å². The monoisotopic (exact) mass is 457 g/mol. The standard InChI is InChI=1S/C31H36FNO/c1-34-20-2-3-23-4-6-24(7-5-23)8-11-26-15-19-30-29(21-26)18-17-28(31(30)32)16-14-25-9-12-27(22-33)13-10-25/h9-10,12-13,15,17-19,21,23-24H,2-8,11,14,16,20H2,1H3. The van der Waals surface area contributed by atoms with Crippen molar-refractivity contribution in [3.8, 4) is 6.07 Å².